The van der Waals surface area contributed by atoms with E-state index in [4.69, 9.17) is 10.00 Å². The number of methoxy groups -OCH3 is 1. The highest BCUT2D eigenvalue weighted by Gasteiger charge is 2.03. The molecule has 3 heteroatoms. The number of aryl methyl sites for hydroxylation is 1. The first-order valence-corrected chi connectivity index (χ1v) is 3.74. The van der Waals surface area contributed by atoms with E-state index < -0.39 is 0 Å². The van der Waals surface area contributed by atoms with Gasteiger partial charge in [-0.1, -0.05) is 6.92 Å². The average molecular weight is 162 g/mol. The van der Waals surface area contributed by atoms with Gasteiger partial charge in [0, 0.05) is 6.20 Å². The Bertz CT molecular complexity index is 315. The van der Waals surface area contributed by atoms with Gasteiger partial charge in [0.15, 0.2) is 0 Å². The van der Waals surface area contributed by atoms with Gasteiger partial charge in [-0.3, -0.25) is 0 Å². The maximum Gasteiger partial charge on any atom is 0.231 e. The number of hydrogen-bond acceptors (Lipinski definition) is 3. The molecule has 0 fully saturated rings. The molecule has 0 aliphatic carbocycles. The van der Waals surface area contributed by atoms with E-state index in [9.17, 15) is 0 Å². The van der Waals surface area contributed by atoms with Crippen LogP contribution >= 0.6 is 0 Å². The fraction of sp³-hybridized carbons (Fsp3) is 0.333. The molecule has 1 rings (SSSR count). The molecule has 0 atom stereocenters. The normalized spacial score (nSPS) is 9.08. The molecule has 0 unspecified atom stereocenters. The Morgan fingerprint density at radius 1 is 1.67 bits per heavy atom. The minimum atomic E-state index is 0.398. The Labute approximate surface area is 71.6 Å². The molecular weight excluding hydrogens is 152 g/mol. The van der Waals surface area contributed by atoms with Crippen LogP contribution in [0.15, 0.2) is 12.3 Å². The topological polar surface area (TPSA) is 45.9 Å². The summed E-state index contributed by atoms with van der Waals surface area (Å²) in [7, 11) is 1.51. The first-order chi connectivity index (χ1) is 5.81. The zero-order chi connectivity index (χ0) is 8.97. The Morgan fingerprint density at radius 2 is 2.42 bits per heavy atom. The second-order valence-electron chi connectivity index (χ2n) is 2.37. The van der Waals surface area contributed by atoms with Crippen molar-refractivity contribution in [3.05, 3.63) is 23.4 Å². The molecule has 0 amide bonds. The SMILES string of the molecule is CCc1cnc(OC)c(C#N)c1. The predicted molar refractivity (Wildman–Crippen MR) is 44.9 cm³/mol. The molecule has 0 saturated heterocycles. The monoisotopic (exact) mass is 162 g/mol. The quantitative estimate of drug-likeness (QED) is 0.662. The average Bonchev–Trinajstić information content (AvgIpc) is 2.16. The van der Waals surface area contributed by atoms with Crippen molar-refractivity contribution < 1.29 is 4.74 Å². The molecule has 0 spiro atoms. The molecule has 0 aliphatic heterocycles. The second-order valence-corrected chi connectivity index (χ2v) is 2.37. The summed E-state index contributed by atoms with van der Waals surface area (Å²) in [6, 6.07) is 3.83. The Morgan fingerprint density at radius 3 is 2.92 bits per heavy atom. The van der Waals surface area contributed by atoms with Crippen LogP contribution in [0, 0.1) is 11.3 Å². The summed E-state index contributed by atoms with van der Waals surface area (Å²) in [5, 5.41) is 8.70. The zero-order valence-electron chi connectivity index (χ0n) is 7.16. The lowest BCUT2D eigenvalue weighted by molar-refractivity contribution is 0.396. The van der Waals surface area contributed by atoms with Crippen LogP contribution in [0.1, 0.15) is 18.1 Å². The van der Waals surface area contributed by atoms with Gasteiger partial charge in [0.05, 0.1) is 7.11 Å². The van der Waals surface area contributed by atoms with Gasteiger partial charge in [-0.25, -0.2) is 4.98 Å². The van der Waals surface area contributed by atoms with E-state index in [0.717, 1.165) is 12.0 Å². The third kappa shape index (κ3) is 1.54. The predicted octanol–water partition coefficient (Wildman–Crippen LogP) is 1.52. The van der Waals surface area contributed by atoms with Crippen LogP contribution in [0.5, 0.6) is 5.88 Å². The number of ether oxygens (including phenoxy) is 1. The van der Waals surface area contributed by atoms with Crippen LogP contribution in [0.3, 0.4) is 0 Å². The minimum Gasteiger partial charge on any atom is -0.480 e. The van der Waals surface area contributed by atoms with E-state index >= 15 is 0 Å². The number of nitrogens with zero attached hydrogens (tertiary/aromatic N) is 2. The van der Waals surface area contributed by atoms with Crippen LogP contribution < -0.4 is 4.74 Å². The Kier molecular flexibility index (Phi) is 2.65. The Hall–Kier alpha value is -1.56. The highest BCUT2D eigenvalue weighted by molar-refractivity contribution is 5.39. The van der Waals surface area contributed by atoms with Crippen molar-refractivity contribution in [2.24, 2.45) is 0 Å². The largest absolute Gasteiger partial charge is 0.480 e. The summed E-state index contributed by atoms with van der Waals surface area (Å²) >= 11 is 0. The van der Waals surface area contributed by atoms with Crippen molar-refractivity contribution in [1.82, 2.24) is 4.98 Å². The van der Waals surface area contributed by atoms with E-state index in [1.165, 1.54) is 7.11 Å². The maximum absolute atomic E-state index is 8.70. The first kappa shape index (κ1) is 8.54. The number of rotatable bonds is 2. The molecule has 0 radical (unpaired) electrons. The third-order valence-corrected chi connectivity index (χ3v) is 1.63. The molecule has 0 aromatic carbocycles. The fourth-order valence-electron chi connectivity index (χ4n) is 0.932. The third-order valence-electron chi connectivity index (χ3n) is 1.63. The lowest BCUT2D eigenvalue weighted by Gasteiger charge is -2.01. The molecule has 3 nitrogen and oxygen atoms in total. The molecular formula is C9H10N2O. The molecule has 0 saturated carbocycles. The molecule has 0 N–H and O–H groups in total. The molecule has 1 heterocycles. The van der Waals surface area contributed by atoms with Gasteiger partial charge in [-0.2, -0.15) is 5.26 Å². The van der Waals surface area contributed by atoms with Crippen LogP contribution in [0.2, 0.25) is 0 Å². The van der Waals surface area contributed by atoms with Crippen LogP contribution in [-0.4, -0.2) is 12.1 Å². The van der Waals surface area contributed by atoms with E-state index in [-0.39, 0.29) is 0 Å². The molecule has 0 bridgehead atoms. The molecule has 1 aromatic rings. The summed E-state index contributed by atoms with van der Waals surface area (Å²) in [5.41, 5.74) is 1.55. The Balaban J connectivity index is 3.13. The highest BCUT2D eigenvalue weighted by Crippen LogP contribution is 2.14. The maximum atomic E-state index is 8.70. The van der Waals surface area contributed by atoms with Crippen molar-refractivity contribution in [1.29, 1.82) is 5.26 Å². The smallest absolute Gasteiger partial charge is 0.231 e. The number of aromatic nitrogens is 1. The molecule has 0 aliphatic rings. The van der Waals surface area contributed by atoms with Crippen molar-refractivity contribution in [3.8, 4) is 11.9 Å². The van der Waals surface area contributed by atoms with Crippen LogP contribution in [0.4, 0.5) is 0 Å². The molecule has 62 valence electrons. The van der Waals surface area contributed by atoms with E-state index in [2.05, 4.69) is 4.98 Å². The van der Waals surface area contributed by atoms with Crippen molar-refractivity contribution >= 4 is 0 Å². The van der Waals surface area contributed by atoms with Gasteiger partial charge in [-0.15, -0.1) is 0 Å². The zero-order valence-corrected chi connectivity index (χ0v) is 7.16. The van der Waals surface area contributed by atoms with Gasteiger partial charge in [-0.05, 0) is 18.1 Å². The standard InChI is InChI=1S/C9H10N2O/c1-3-7-4-8(5-10)9(12-2)11-6-7/h4,6H,3H2,1-2H3. The summed E-state index contributed by atoms with van der Waals surface area (Å²) < 4.78 is 4.90. The number of nitriles is 1. The number of pyridine rings is 1. The van der Waals surface area contributed by atoms with Gasteiger partial charge in [0.1, 0.15) is 11.6 Å². The van der Waals surface area contributed by atoms with Gasteiger partial charge in [0.25, 0.3) is 0 Å². The minimum absolute atomic E-state index is 0.398. The lowest BCUT2D eigenvalue weighted by atomic mass is 10.2. The van der Waals surface area contributed by atoms with E-state index in [1.807, 2.05) is 13.0 Å². The van der Waals surface area contributed by atoms with E-state index in [0.29, 0.717) is 11.4 Å². The van der Waals surface area contributed by atoms with Crippen LogP contribution in [-0.2, 0) is 6.42 Å². The van der Waals surface area contributed by atoms with Crippen molar-refractivity contribution in [3.63, 3.8) is 0 Å². The molecule has 12 heavy (non-hydrogen) atoms. The van der Waals surface area contributed by atoms with E-state index in [1.54, 1.807) is 12.3 Å². The van der Waals surface area contributed by atoms with Crippen molar-refractivity contribution in [2.45, 2.75) is 13.3 Å². The summed E-state index contributed by atoms with van der Waals surface area (Å²) in [4.78, 5) is 3.99. The van der Waals surface area contributed by atoms with Gasteiger partial charge < -0.3 is 4.74 Å². The van der Waals surface area contributed by atoms with Gasteiger partial charge in [0.2, 0.25) is 5.88 Å². The summed E-state index contributed by atoms with van der Waals surface area (Å²) in [6.45, 7) is 2.02. The summed E-state index contributed by atoms with van der Waals surface area (Å²) in [6.07, 6.45) is 2.60. The first-order valence-electron chi connectivity index (χ1n) is 3.74. The summed E-state index contributed by atoms with van der Waals surface area (Å²) in [5.74, 6) is 0.398. The second kappa shape index (κ2) is 3.72. The number of hydrogen-bond donors (Lipinski definition) is 0. The molecule has 1 aromatic heterocycles. The highest BCUT2D eigenvalue weighted by atomic mass is 16.5. The fourth-order valence-corrected chi connectivity index (χ4v) is 0.932. The van der Waals surface area contributed by atoms with Crippen LogP contribution in [0.25, 0.3) is 0 Å². The van der Waals surface area contributed by atoms with Gasteiger partial charge >= 0.3 is 0 Å². The van der Waals surface area contributed by atoms with Crippen molar-refractivity contribution in [2.75, 3.05) is 7.11 Å². The lowest BCUT2D eigenvalue weighted by Crippen LogP contribution is -1.93.